The number of carbonyl (C=O) groups is 1. The van der Waals surface area contributed by atoms with E-state index in [1.54, 1.807) is 17.2 Å². The van der Waals surface area contributed by atoms with E-state index >= 15 is 0 Å². The first kappa shape index (κ1) is 19.2. The van der Waals surface area contributed by atoms with Gasteiger partial charge in [-0.1, -0.05) is 29.8 Å². The molecular weight excluding hydrogens is 386 g/mol. The van der Waals surface area contributed by atoms with E-state index in [4.69, 9.17) is 16.6 Å². The van der Waals surface area contributed by atoms with Gasteiger partial charge in [-0.2, -0.15) is 0 Å². The van der Waals surface area contributed by atoms with Crippen LogP contribution in [0.15, 0.2) is 60.8 Å². The van der Waals surface area contributed by atoms with Gasteiger partial charge in [0.1, 0.15) is 5.82 Å². The monoisotopic (exact) mass is 407 g/mol. The molecule has 0 radical (unpaired) electrons. The van der Waals surface area contributed by atoms with E-state index in [9.17, 15) is 4.79 Å². The van der Waals surface area contributed by atoms with Gasteiger partial charge in [-0.25, -0.2) is 14.8 Å². The average molecular weight is 408 g/mol. The van der Waals surface area contributed by atoms with E-state index in [1.165, 1.54) is 0 Å². The molecule has 148 valence electrons. The Morgan fingerprint density at radius 1 is 1.14 bits per heavy atom. The highest BCUT2D eigenvalue weighted by Gasteiger charge is 2.26. The van der Waals surface area contributed by atoms with Crippen molar-refractivity contribution in [2.75, 3.05) is 34.8 Å². The Hall–Kier alpha value is -3.12. The summed E-state index contributed by atoms with van der Waals surface area (Å²) in [5, 5.41) is 3.53. The second kappa shape index (κ2) is 8.49. The molecule has 0 fully saturated rings. The second-order valence-electron chi connectivity index (χ2n) is 6.78. The molecule has 1 N–H and O–H groups in total. The summed E-state index contributed by atoms with van der Waals surface area (Å²) in [6.45, 7) is 4.41. The van der Waals surface area contributed by atoms with E-state index in [0.29, 0.717) is 23.2 Å². The number of rotatable bonds is 3. The van der Waals surface area contributed by atoms with Crippen LogP contribution in [0.3, 0.4) is 0 Å². The molecule has 0 atom stereocenters. The molecule has 1 aliphatic rings. The van der Waals surface area contributed by atoms with Crippen LogP contribution in [0.1, 0.15) is 13.3 Å². The van der Waals surface area contributed by atoms with Crippen molar-refractivity contribution >= 4 is 35.0 Å². The van der Waals surface area contributed by atoms with Crippen LogP contribution in [0.4, 0.5) is 22.1 Å². The molecule has 3 heterocycles. The molecule has 2 aromatic heterocycles. The van der Waals surface area contributed by atoms with Gasteiger partial charge in [0.05, 0.1) is 11.4 Å². The summed E-state index contributed by atoms with van der Waals surface area (Å²) in [5.41, 5.74) is 2.64. The van der Waals surface area contributed by atoms with Gasteiger partial charge in [0.25, 0.3) is 0 Å². The lowest BCUT2D eigenvalue weighted by Crippen LogP contribution is -2.36. The van der Waals surface area contributed by atoms with Crippen molar-refractivity contribution < 1.29 is 4.79 Å². The Morgan fingerprint density at radius 2 is 2.03 bits per heavy atom. The molecule has 0 spiro atoms. The fourth-order valence-electron chi connectivity index (χ4n) is 3.48. The highest BCUT2D eigenvalue weighted by atomic mass is 35.5. The summed E-state index contributed by atoms with van der Waals surface area (Å²) in [4.78, 5) is 26.1. The first-order valence-corrected chi connectivity index (χ1v) is 10.0. The topological polar surface area (TPSA) is 61.4 Å². The number of anilines is 3. The lowest BCUT2D eigenvalue weighted by atomic mass is 10.1. The van der Waals surface area contributed by atoms with Crippen molar-refractivity contribution in [3.63, 3.8) is 0 Å². The SMILES string of the molecule is CCN1CCCN(C(=O)Nc2ccccn2)c2nc(-c3cccc(Cl)c3)ccc21. The maximum Gasteiger partial charge on any atom is 0.328 e. The fourth-order valence-corrected chi connectivity index (χ4v) is 3.67. The van der Waals surface area contributed by atoms with E-state index < -0.39 is 0 Å². The van der Waals surface area contributed by atoms with Gasteiger partial charge in [0.2, 0.25) is 0 Å². The van der Waals surface area contributed by atoms with Crippen LogP contribution in [0.5, 0.6) is 0 Å². The van der Waals surface area contributed by atoms with Crippen molar-refractivity contribution in [3.05, 3.63) is 65.8 Å². The van der Waals surface area contributed by atoms with E-state index in [2.05, 4.69) is 22.1 Å². The summed E-state index contributed by atoms with van der Waals surface area (Å²) in [6, 6.07) is 16.8. The number of amides is 2. The molecule has 0 unspecified atom stereocenters. The van der Waals surface area contributed by atoms with Gasteiger partial charge in [0, 0.05) is 36.4 Å². The normalized spacial score (nSPS) is 13.6. The molecule has 4 rings (SSSR count). The first-order valence-electron chi connectivity index (χ1n) is 9.67. The van der Waals surface area contributed by atoms with E-state index in [-0.39, 0.29) is 6.03 Å². The molecule has 1 aromatic carbocycles. The molecule has 0 saturated carbocycles. The van der Waals surface area contributed by atoms with Gasteiger partial charge in [0.15, 0.2) is 5.82 Å². The molecular formula is C22H22ClN5O. The highest BCUT2D eigenvalue weighted by molar-refractivity contribution is 6.30. The lowest BCUT2D eigenvalue weighted by Gasteiger charge is -2.25. The van der Waals surface area contributed by atoms with Crippen LogP contribution in [-0.2, 0) is 0 Å². The van der Waals surface area contributed by atoms with Gasteiger partial charge in [-0.15, -0.1) is 0 Å². The van der Waals surface area contributed by atoms with Gasteiger partial charge in [-0.3, -0.25) is 10.2 Å². The van der Waals surface area contributed by atoms with Crippen LogP contribution in [0.25, 0.3) is 11.3 Å². The first-order chi connectivity index (χ1) is 14.2. The minimum atomic E-state index is -0.237. The number of nitrogens with zero attached hydrogens (tertiary/aromatic N) is 4. The molecule has 6 nitrogen and oxygen atoms in total. The Bertz CT molecular complexity index is 1010. The summed E-state index contributed by atoms with van der Waals surface area (Å²) in [5.74, 6) is 1.16. The maximum atomic E-state index is 13.1. The zero-order valence-electron chi connectivity index (χ0n) is 16.2. The number of aromatic nitrogens is 2. The summed E-state index contributed by atoms with van der Waals surface area (Å²) in [6.07, 6.45) is 2.51. The van der Waals surface area contributed by atoms with Crippen molar-refractivity contribution in [2.24, 2.45) is 0 Å². The number of hydrogen-bond acceptors (Lipinski definition) is 4. The predicted octanol–water partition coefficient (Wildman–Crippen LogP) is 5.07. The van der Waals surface area contributed by atoms with Gasteiger partial charge in [-0.05, 0) is 49.7 Å². The quantitative estimate of drug-likeness (QED) is 0.658. The minimum absolute atomic E-state index is 0.237. The predicted molar refractivity (Wildman–Crippen MR) is 118 cm³/mol. The zero-order chi connectivity index (χ0) is 20.2. The number of halogens is 1. The maximum absolute atomic E-state index is 13.1. The average Bonchev–Trinajstić information content (AvgIpc) is 2.93. The molecule has 0 saturated heterocycles. The number of pyridine rings is 2. The fraction of sp³-hybridized carbons (Fsp3) is 0.227. The Morgan fingerprint density at radius 3 is 2.79 bits per heavy atom. The summed E-state index contributed by atoms with van der Waals surface area (Å²) in [7, 11) is 0. The number of urea groups is 1. The van der Waals surface area contributed by atoms with Crippen LogP contribution in [0.2, 0.25) is 5.02 Å². The van der Waals surface area contributed by atoms with Crippen LogP contribution in [-0.4, -0.2) is 35.6 Å². The molecule has 1 aliphatic heterocycles. The van der Waals surface area contributed by atoms with Crippen molar-refractivity contribution in [2.45, 2.75) is 13.3 Å². The number of hydrogen-bond donors (Lipinski definition) is 1. The van der Waals surface area contributed by atoms with Crippen molar-refractivity contribution in [1.29, 1.82) is 0 Å². The third-order valence-corrected chi connectivity index (χ3v) is 5.14. The molecule has 2 amide bonds. The Kier molecular flexibility index (Phi) is 5.62. The number of benzene rings is 1. The van der Waals surface area contributed by atoms with Crippen molar-refractivity contribution in [3.8, 4) is 11.3 Å². The summed E-state index contributed by atoms with van der Waals surface area (Å²) >= 11 is 6.16. The van der Waals surface area contributed by atoms with Crippen LogP contribution < -0.4 is 15.1 Å². The Balaban J connectivity index is 1.74. The lowest BCUT2D eigenvalue weighted by molar-refractivity contribution is 0.256. The third kappa shape index (κ3) is 4.17. The van der Waals surface area contributed by atoms with Gasteiger partial charge >= 0.3 is 6.03 Å². The molecule has 0 bridgehead atoms. The van der Waals surface area contributed by atoms with E-state index in [0.717, 1.165) is 36.5 Å². The molecule has 7 heteroatoms. The third-order valence-electron chi connectivity index (χ3n) is 4.91. The van der Waals surface area contributed by atoms with Crippen molar-refractivity contribution in [1.82, 2.24) is 9.97 Å². The van der Waals surface area contributed by atoms with E-state index in [1.807, 2.05) is 48.5 Å². The van der Waals surface area contributed by atoms with Crippen LogP contribution >= 0.6 is 11.6 Å². The van der Waals surface area contributed by atoms with Crippen LogP contribution in [0, 0.1) is 0 Å². The minimum Gasteiger partial charge on any atom is -0.369 e. The highest BCUT2D eigenvalue weighted by Crippen LogP contribution is 2.34. The smallest absolute Gasteiger partial charge is 0.328 e. The standard InChI is InChI=1S/C22H22ClN5O/c1-2-27-13-6-14-28(22(29)26-20-9-3-4-12-24-20)21-19(27)11-10-18(25-21)16-7-5-8-17(23)15-16/h3-5,7-12,15H,2,6,13-14H2,1H3,(H,24,26,29). The van der Waals surface area contributed by atoms with Gasteiger partial charge < -0.3 is 4.90 Å². The molecule has 0 aliphatic carbocycles. The number of fused-ring (bicyclic) bond motifs is 1. The number of carbonyl (C=O) groups excluding carboxylic acids is 1. The molecule has 3 aromatic rings. The Labute approximate surface area is 175 Å². The number of nitrogens with one attached hydrogen (secondary N) is 1. The zero-order valence-corrected chi connectivity index (χ0v) is 16.9. The largest absolute Gasteiger partial charge is 0.369 e. The summed E-state index contributed by atoms with van der Waals surface area (Å²) < 4.78 is 0. The second-order valence-corrected chi connectivity index (χ2v) is 7.22. The molecule has 29 heavy (non-hydrogen) atoms.